The maximum atomic E-state index is 13.6. The summed E-state index contributed by atoms with van der Waals surface area (Å²) >= 11 is 0. The highest BCUT2D eigenvalue weighted by Crippen LogP contribution is 2.52. The Morgan fingerprint density at radius 3 is 2.33 bits per heavy atom. The Bertz CT molecular complexity index is 1210. The van der Waals surface area contributed by atoms with Gasteiger partial charge in [0.25, 0.3) is 5.91 Å². The van der Waals surface area contributed by atoms with Crippen molar-refractivity contribution in [2.45, 2.75) is 24.5 Å². The van der Waals surface area contributed by atoms with E-state index in [-0.39, 0.29) is 24.0 Å². The number of carboxylic acids is 1. The molecule has 0 heterocycles. The lowest BCUT2D eigenvalue weighted by atomic mass is 9.57. The number of aliphatic hydroxyl groups excluding tert-OH is 2. The van der Waals surface area contributed by atoms with Crippen molar-refractivity contribution in [3.63, 3.8) is 0 Å². The van der Waals surface area contributed by atoms with Crippen molar-refractivity contribution in [3.8, 4) is 5.75 Å². The van der Waals surface area contributed by atoms with Gasteiger partial charge in [0.1, 0.15) is 28.4 Å². The summed E-state index contributed by atoms with van der Waals surface area (Å²) in [6.45, 7) is 0. The van der Waals surface area contributed by atoms with Gasteiger partial charge in [-0.3, -0.25) is 19.3 Å². The minimum absolute atomic E-state index is 0.0345. The molecule has 33 heavy (non-hydrogen) atoms. The van der Waals surface area contributed by atoms with Crippen molar-refractivity contribution in [2.75, 3.05) is 14.1 Å². The number of carbonyl (C=O) groups excluding carboxylic acids is 3. The fourth-order valence-corrected chi connectivity index (χ4v) is 5.39. The first-order chi connectivity index (χ1) is 15.3. The van der Waals surface area contributed by atoms with Crippen molar-refractivity contribution in [3.05, 3.63) is 45.7 Å². The minimum atomic E-state index is -2.73. The highest BCUT2D eigenvalue weighted by Gasteiger charge is 2.64. The zero-order valence-corrected chi connectivity index (χ0v) is 17.7. The maximum Gasteiger partial charge on any atom is 0.339 e. The van der Waals surface area contributed by atoms with Crippen molar-refractivity contribution < 1.29 is 44.7 Å². The normalized spacial score (nSPS) is 29.0. The number of aliphatic hydroxyl groups is 3. The van der Waals surface area contributed by atoms with E-state index >= 15 is 0 Å². The fourth-order valence-electron chi connectivity index (χ4n) is 5.39. The molecule has 11 heteroatoms. The molecule has 3 aliphatic carbocycles. The number of carboxylic acid groups (broad SMARTS) is 1. The van der Waals surface area contributed by atoms with Crippen LogP contribution in [0.2, 0.25) is 0 Å². The number of nitrogens with two attached hydrogens (primary N) is 1. The third kappa shape index (κ3) is 2.82. The minimum Gasteiger partial charge on any atom is -0.508 e. The summed E-state index contributed by atoms with van der Waals surface area (Å²) in [5.74, 6) is -9.27. The lowest BCUT2D eigenvalue weighted by Crippen LogP contribution is -2.65. The second-order valence-corrected chi connectivity index (χ2v) is 8.76. The predicted molar refractivity (Wildman–Crippen MR) is 111 cm³/mol. The Hall–Kier alpha value is -3.70. The first kappa shape index (κ1) is 22.5. The zero-order valence-electron chi connectivity index (χ0n) is 17.7. The molecule has 1 saturated carbocycles. The van der Waals surface area contributed by atoms with E-state index in [1.807, 2.05) is 0 Å². The molecule has 7 N–H and O–H groups in total. The molecular weight excluding hydrogens is 436 g/mol. The summed E-state index contributed by atoms with van der Waals surface area (Å²) in [5.41, 5.74) is 0.923. The van der Waals surface area contributed by atoms with E-state index in [2.05, 4.69) is 0 Å². The molecule has 1 aromatic carbocycles. The van der Waals surface area contributed by atoms with E-state index in [9.17, 15) is 44.7 Å². The largest absolute Gasteiger partial charge is 0.508 e. The quantitative estimate of drug-likeness (QED) is 0.326. The number of hydrogen-bond donors (Lipinski definition) is 6. The Kier molecular flexibility index (Phi) is 4.88. The van der Waals surface area contributed by atoms with Gasteiger partial charge in [-0.25, -0.2) is 4.79 Å². The van der Waals surface area contributed by atoms with Crippen LogP contribution in [0.1, 0.15) is 27.9 Å². The van der Waals surface area contributed by atoms with Crippen LogP contribution in [-0.4, -0.2) is 79.6 Å². The molecular formula is C22H22N2O9. The number of benzene rings is 1. The summed E-state index contributed by atoms with van der Waals surface area (Å²) in [6, 6.07) is 1.43. The molecule has 0 bridgehead atoms. The molecule has 1 amide bonds. The van der Waals surface area contributed by atoms with Gasteiger partial charge in [0, 0.05) is 11.5 Å². The predicted octanol–water partition coefficient (Wildman–Crippen LogP) is -0.338. The number of carbonyl (C=O) groups is 4. The Morgan fingerprint density at radius 2 is 1.79 bits per heavy atom. The maximum absolute atomic E-state index is 13.6. The third-order valence-electron chi connectivity index (χ3n) is 6.82. The Morgan fingerprint density at radius 1 is 1.15 bits per heavy atom. The molecule has 1 fully saturated rings. The van der Waals surface area contributed by atoms with E-state index in [0.29, 0.717) is 5.56 Å². The van der Waals surface area contributed by atoms with Crippen LogP contribution in [0.15, 0.2) is 29.0 Å². The number of nitrogens with zero attached hydrogens (tertiary/aromatic N) is 1. The van der Waals surface area contributed by atoms with Crippen LogP contribution in [0.25, 0.3) is 5.76 Å². The lowest BCUT2D eigenvalue weighted by molar-refractivity contribution is -0.153. The van der Waals surface area contributed by atoms with Gasteiger partial charge in [-0.05, 0) is 44.5 Å². The second-order valence-electron chi connectivity index (χ2n) is 8.76. The molecule has 174 valence electrons. The van der Waals surface area contributed by atoms with Gasteiger partial charge in [-0.2, -0.15) is 0 Å². The van der Waals surface area contributed by atoms with Gasteiger partial charge in [0.15, 0.2) is 11.4 Å². The monoisotopic (exact) mass is 458 g/mol. The number of aromatic carboxylic acids is 1. The van der Waals surface area contributed by atoms with Gasteiger partial charge in [-0.15, -0.1) is 0 Å². The second kappa shape index (κ2) is 7.15. The highest BCUT2D eigenvalue weighted by molar-refractivity contribution is 6.24. The molecule has 1 aromatic rings. The first-order valence-electron chi connectivity index (χ1n) is 10.1. The molecule has 0 radical (unpaired) electrons. The van der Waals surface area contributed by atoms with E-state index < -0.39 is 75.3 Å². The van der Waals surface area contributed by atoms with Gasteiger partial charge < -0.3 is 31.3 Å². The summed E-state index contributed by atoms with van der Waals surface area (Å²) < 4.78 is 0. The molecule has 4 rings (SSSR count). The van der Waals surface area contributed by atoms with Crippen LogP contribution in [-0.2, 0) is 20.8 Å². The van der Waals surface area contributed by atoms with Crippen LogP contribution in [0.3, 0.4) is 0 Å². The lowest BCUT2D eigenvalue weighted by Gasteiger charge is -2.50. The van der Waals surface area contributed by atoms with Gasteiger partial charge in [0.2, 0.25) is 5.78 Å². The standard InChI is InChI=1S/C22H22N2O9/c1-24(2)14-10-6-8-5-7-3-4-9(21(31)32)15(25)11(7)16(26)12(8)18(28)22(10,33)19(29)13(17(14)27)20(23)30/h3-4,8,10,14,25-26,29,33H,5-6H2,1-2H3,(H2,23,30)(H,31,32)/t8-,10-,14-,22-/m0/s1. The molecule has 0 spiro atoms. The van der Waals surface area contributed by atoms with Crippen molar-refractivity contribution in [1.29, 1.82) is 0 Å². The summed E-state index contributed by atoms with van der Waals surface area (Å²) in [6.07, 6.45) is 0.0647. The van der Waals surface area contributed by atoms with Crippen molar-refractivity contribution in [1.82, 2.24) is 4.90 Å². The van der Waals surface area contributed by atoms with Crippen LogP contribution in [0.5, 0.6) is 5.75 Å². The molecule has 4 atom stereocenters. The number of primary amides is 1. The topological polar surface area (TPSA) is 199 Å². The molecule has 0 unspecified atom stereocenters. The summed E-state index contributed by atoms with van der Waals surface area (Å²) in [5, 5.41) is 52.8. The SMILES string of the molecule is CN(C)[C@@H]1C(=O)C(C(N)=O)=C(O)[C@@]2(O)C(=O)C3=C(O)c4c(ccc(C(=O)O)c4O)C[C@H]3C[C@@H]12. The van der Waals surface area contributed by atoms with Gasteiger partial charge in [0.05, 0.1) is 11.6 Å². The van der Waals surface area contributed by atoms with E-state index in [4.69, 9.17) is 5.73 Å². The number of ketones is 2. The summed E-state index contributed by atoms with van der Waals surface area (Å²) in [4.78, 5) is 51.3. The van der Waals surface area contributed by atoms with Gasteiger partial charge >= 0.3 is 5.97 Å². The van der Waals surface area contributed by atoms with Crippen LogP contribution >= 0.6 is 0 Å². The van der Waals surface area contributed by atoms with Crippen LogP contribution in [0.4, 0.5) is 0 Å². The van der Waals surface area contributed by atoms with Gasteiger partial charge in [-0.1, -0.05) is 6.07 Å². The number of phenols is 1. The first-order valence-corrected chi connectivity index (χ1v) is 10.1. The number of fused-ring (bicyclic) bond motifs is 3. The van der Waals surface area contributed by atoms with Crippen molar-refractivity contribution >= 4 is 29.2 Å². The molecule has 11 nitrogen and oxygen atoms in total. The summed E-state index contributed by atoms with van der Waals surface area (Å²) in [7, 11) is 3.03. The van der Waals surface area contributed by atoms with Crippen molar-refractivity contribution in [2.24, 2.45) is 17.6 Å². The fraction of sp³-hybridized carbons (Fsp3) is 0.364. The molecule has 0 aliphatic heterocycles. The number of aromatic hydroxyl groups is 1. The average molecular weight is 458 g/mol. The number of Topliss-reactive ketones (excluding diaryl/α,β-unsaturated/α-hetero) is 2. The number of amides is 1. The molecule has 3 aliphatic rings. The van der Waals surface area contributed by atoms with E-state index in [0.717, 1.165) is 0 Å². The number of rotatable bonds is 3. The highest BCUT2D eigenvalue weighted by atomic mass is 16.4. The Labute approximate surface area is 187 Å². The number of likely N-dealkylation sites (N-methyl/N-ethyl adjacent to an activating group) is 1. The van der Waals surface area contributed by atoms with E-state index in [1.54, 1.807) is 0 Å². The number of hydrogen-bond acceptors (Lipinski definition) is 9. The van der Waals surface area contributed by atoms with E-state index in [1.165, 1.54) is 31.1 Å². The third-order valence-corrected chi connectivity index (χ3v) is 6.82. The Balaban J connectivity index is 1.98. The van der Waals surface area contributed by atoms with Crippen LogP contribution in [0, 0.1) is 11.8 Å². The smallest absolute Gasteiger partial charge is 0.339 e. The molecule has 0 saturated heterocycles. The van der Waals surface area contributed by atoms with Crippen LogP contribution < -0.4 is 5.73 Å². The molecule has 0 aromatic heterocycles. The zero-order chi connectivity index (χ0) is 24.6. The average Bonchev–Trinajstić information content (AvgIpc) is 2.70.